The Hall–Kier alpha value is -2.14. The van der Waals surface area contributed by atoms with Crippen molar-refractivity contribution in [3.8, 4) is 5.69 Å². The number of hydrogen-bond acceptors (Lipinski definition) is 3. The fourth-order valence-electron chi connectivity index (χ4n) is 3.18. The van der Waals surface area contributed by atoms with Crippen LogP contribution in [0.1, 0.15) is 31.4 Å². The van der Waals surface area contributed by atoms with Crippen molar-refractivity contribution in [2.75, 3.05) is 6.54 Å². The van der Waals surface area contributed by atoms with Gasteiger partial charge in [-0.3, -0.25) is 4.79 Å². The van der Waals surface area contributed by atoms with E-state index in [1.54, 1.807) is 0 Å². The van der Waals surface area contributed by atoms with Crippen LogP contribution >= 0.6 is 0 Å². The molecule has 2 atom stereocenters. The Balaban J connectivity index is 1.44. The van der Waals surface area contributed by atoms with Gasteiger partial charge in [0.1, 0.15) is 0 Å². The molecule has 1 saturated carbocycles. The Morgan fingerprint density at radius 2 is 2.09 bits per heavy atom. The van der Waals surface area contributed by atoms with E-state index in [-0.39, 0.29) is 11.9 Å². The first-order valence-electron chi connectivity index (χ1n) is 8.34. The Morgan fingerprint density at radius 1 is 1.26 bits per heavy atom. The minimum Gasteiger partial charge on any atom is -0.356 e. The van der Waals surface area contributed by atoms with E-state index in [9.17, 15) is 4.79 Å². The van der Waals surface area contributed by atoms with E-state index in [2.05, 4.69) is 10.4 Å². The van der Waals surface area contributed by atoms with Crippen molar-refractivity contribution >= 4 is 5.91 Å². The van der Waals surface area contributed by atoms with Gasteiger partial charge >= 0.3 is 0 Å². The fourth-order valence-corrected chi connectivity index (χ4v) is 3.18. The summed E-state index contributed by atoms with van der Waals surface area (Å²) in [6, 6.07) is 12.2. The molecule has 23 heavy (non-hydrogen) atoms. The number of nitrogens with two attached hydrogens (primary N) is 1. The van der Waals surface area contributed by atoms with Crippen LogP contribution in [0.2, 0.25) is 0 Å². The van der Waals surface area contributed by atoms with Gasteiger partial charge < -0.3 is 11.1 Å². The molecule has 1 aromatic carbocycles. The Kier molecular flexibility index (Phi) is 5.08. The third kappa shape index (κ3) is 4.20. The smallest absolute Gasteiger partial charge is 0.220 e. The van der Waals surface area contributed by atoms with E-state index in [4.69, 9.17) is 5.73 Å². The van der Waals surface area contributed by atoms with Crippen molar-refractivity contribution in [1.29, 1.82) is 0 Å². The van der Waals surface area contributed by atoms with Crippen LogP contribution in [0.15, 0.2) is 42.6 Å². The molecule has 1 aromatic heterocycles. The monoisotopic (exact) mass is 312 g/mol. The molecule has 1 aliphatic rings. The number of rotatable bonds is 6. The predicted molar refractivity (Wildman–Crippen MR) is 90.2 cm³/mol. The summed E-state index contributed by atoms with van der Waals surface area (Å²) >= 11 is 0. The predicted octanol–water partition coefficient (Wildman–Crippen LogP) is 2.05. The van der Waals surface area contributed by atoms with Crippen LogP contribution in [0.5, 0.6) is 0 Å². The molecule has 0 aliphatic heterocycles. The molecule has 5 heteroatoms. The van der Waals surface area contributed by atoms with Crippen LogP contribution in [0.25, 0.3) is 5.69 Å². The summed E-state index contributed by atoms with van der Waals surface area (Å²) in [5, 5.41) is 7.52. The number of para-hydroxylation sites is 1. The highest BCUT2D eigenvalue weighted by Gasteiger charge is 2.25. The molecule has 5 nitrogen and oxygen atoms in total. The second kappa shape index (κ2) is 7.42. The number of nitrogens with one attached hydrogen (secondary N) is 1. The molecule has 0 bridgehead atoms. The van der Waals surface area contributed by atoms with Crippen LogP contribution in [-0.2, 0) is 11.2 Å². The SMILES string of the molecule is N[C@@H]1CCC[C@H]1CC(=O)NCCc1ccn(-c2ccccc2)n1. The van der Waals surface area contributed by atoms with Gasteiger partial charge in [0.2, 0.25) is 5.91 Å². The maximum absolute atomic E-state index is 12.0. The normalized spacial score (nSPS) is 20.6. The number of amides is 1. The average molecular weight is 312 g/mol. The molecule has 0 saturated heterocycles. The molecule has 0 radical (unpaired) electrons. The molecule has 1 amide bonds. The Labute approximate surface area is 136 Å². The number of aromatic nitrogens is 2. The van der Waals surface area contributed by atoms with Crippen molar-refractivity contribution in [3.05, 3.63) is 48.3 Å². The van der Waals surface area contributed by atoms with E-state index in [0.29, 0.717) is 18.9 Å². The van der Waals surface area contributed by atoms with Gasteiger partial charge in [0, 0.05) is 31.6 Å². The van der Waals surface area contributed by atoms with E-state index in [0.717, 1.165) is 37.1 Å². The van der Waals surface area contributed by atoms with E-state index < -0.39 is 0 Å². The van der Waals surface area contributed by atoms with Gasteiger partial charge in [-0.1, -0.05) is 24.6 Å². The molecule has 0 unspecified atom stereocenters. The topological polar surface area (TPSA) is 72.9 Å². The van der Waals surface area contributed by atoms with Gasteiger partial charge in [-0.2, -0.15) is 5.10 Å². The quantitative estimate of drug-likeness (QED) is 0.857. The lowest BCUT2D eigenvalue weighted by atomic mass is 10.00. The lowest BCUT2D eigenvalue weighted by Gasteiger charge is -2.14. The number of carbonyl (C=O) groups is 1. The zero-order chi connectivity index (χ0) is 16.1. The van der Waals surface area contributed by atoms with E-state index in [1.165, 1.54) is 0 Å². The molecule has 3 rings (SSSR count). The molecule has 1 heterocycles. The van der Waals surface area contributed by atoms with Crippen molar-refractivity contribution in [3.63, 3.8) is 0 Å². The summed E-state index contributed by atoms with van der Waals surface area (Å²) in [6.45, 7) is 0.618. The van der Waals surface area contributed by atoms with Crippen LogP contribution in [0, 0.1) is 5.92 Å². The van der Waals surface area contributed by atoms with Crippen LogP contribution in [0.3, 0.4) is 0 Å². The van der Waals surface area contributed by atoms with Gasteiger partial charge in [0.05, 0.1) is 11.4 Å². The summed E-state index contributed by atoms with van der Waals surface area (Å²) in [5.41, 5.74) is 8.03. The van der Waals surface area contributed by atoms with E-state index >= 15 is 0 Å². The first-order chi connectivity index (χ1) is 11.2. The second-order valence-corrected chi connectivity index (χ2v) is 6.25. The van der Waals surface area contributed by atoms with Gasteiger partial charge in [-0.05, 0) is 37.0 Å². The lowest BCUT2D eigenvalue weighted by molar-refractivity contribution is -0.122. The Bertz CT molecular complexity index is 637. The molecular formula is C18H24N4O. The maximum Gasteiger partial charge on any atom is 0.220 e. The van der Waals surface area contributed by atoms with Crippen LogP contribution in [0.4, 0.5) is 0 Å². The molecule has 3 N–H and O–H groups in total. The zero-order valence-electron chi connectivity index (χ0n) is 13.3. The number of carbonyl (C=O) groups excluding carboxylic acids is 1. The van der Waals surface area contributed by atoms with Crippen LogP contribution < -0.4 is 11.1 Å². The number of nitrogens with zero attached hydrogens (tertiary/aromatic N) is 2. The largest absolute Gasteiger partial charge is 0.356 e. The summed E-state index contributed by atoms with van der Waals surface area (Å²) in [4.78, 5) is 12.0. The summed E-state index contributed by atoms with van der Waals surface area (Å²) in [6.07, 6.45) is 6.52. The zero-order valence-corrected chi connectivity index (χ0v) is 13.3. The summed E-state index contributed by atoms with van der Waals surface area (Å²) in [7, 11) is 0. The van der Waals surface area contributed by atoms with E-state index in [1.807, 2.05) is 47.3 Å². The highest BCUT2D eigenvalue weighted by molar-refractivity contribution is 5.76. The minimum absolute atomic E-state index is 0.106. The third-order valence-electron chi connectivity index (χ3n) is 4.53. The average Bonchev–Trinajstić information content (AvgIpc) is 3.18. The van der Waals surface area contributed by atoms with Crippen molar-refractivity contribution in [2.24, 2.45) is 11.7 Å². The molecular weight excluding hydrogens is 288 g/mol. The van der Waals surface area contributed by atoms with Crippen LogP contribution in [-0.4, -0.2) is 28.3 Å². The molecule has 122 valence electrons. The first-order valence-corrected chi connectivity index (χ1v) is 8.34. The highest BCUT2D eigenvalue weighted by atomic mass is 16.1. The molecule has 0 spiro atoms. The minimum atomic E-state index is 0.106. The third-order valence-corrected chi connectivity index (χ3v) is 4.53. The van der Waals surface area contributed by atoms with Gasteiger partial charge in [-0.25, -0.2) is 4.68 Å². The number of benzene rings is 1. The van der Waals surface area contributed by atoms with Crippen molar-refractivity contribution in [2.45, 2.75) is 38.1 Å². The second-order valence-electron chi connectivity index (χ2n) is 6.25. The highest BCUT2D eigenvalue weighted by Crippen LogP contribution is 2.26. The maximum atomic E-state index is 12.0. The lowest BCUT2D eigenvalue weighted by Crippen LogP contribution is -2.32. The van der Waals surface area contributed by atoms with Gasteiger partial charge in [0.25, 0.3) is 0 Å². The van der Waals surface area contributed by atoms with Gasteiger partial charge in [-0.15, -0.1) is 0 Å². The standard InChI is InChI=1S/C18H24N4O/c19-17-8-4-5-14(17)13-18(23)20-11-9-15-10-12-22(21-15)16-6-2-1-3-7-16/h1-3,6-7,10,12,14,17H,4-5,8-9,11,13,19H2,(H,20,23)/t14-,17+/m0/s1. The molecule has 1 aliphatic carbocycles. The first kappa shape index (κ1) is 15.7. The fraction of sp³-hybridized carbons (Fsp3) is 0.444. The van der Waals surface area contributed by atoms with Crippen molar-refractivity contribution < 1.29 is 4.79 Å². The summed E-state index contributed by atoms with van der Waals surface area (Å²) < 4.78 is 1.86. The molecule has 2 aromatic rings. The van der Waals surface area contributed by atoms with Crippen molar-refractivity contribution in [1.82, 2.24) is 15.1 Å². The Morgan fingerprint density at radius 3 is 2.83 bits per heavy atom. The number of hydrogen-bond donors (Lipinski definition) is 2. The summed E-state index contributed by atoms with van der Waals surface area (Å²) in [5.74, 6) is 0.460. The van der Waals surface area contributed by atoms with Gasteiger partial charge in [0.15, 0.2) is 0 Å². The molecule has 1 fully saturated rings.